The normalized spacial score (nSPS) is 9.11. The Labute approximate surface area is 209 Å². The average Bonchev–Trinajstić information content (AvgIpc) is 2.66. The molecule has 3 aromatic carbocycles. The van der Waals surface area contributed by atoms with Crippen LogP contribution in [0.4, 0.5) is 0 Å². The summed E-state index contributed by atoms with van der Waals surface area (Å²) in [5, 5.41) is 0. The Bertz CT molecular complexity index is 724. The molecule has 0 fully saturated rings. The molecule has 0 saturated carbocycles. The first-order valence-corrected chi connectivity index (χ1v) is 11.4. The van der Waals surface area contributed by atoms with Gasteiger partial charge >= 0.3 is 18.9 Å². The van der Waals surface area contributed by atoms with Crippen molar-refractivity contribution >= 4 is 63.7 Å². The van der Waals surface area contributed by atoms with Gasteiger partial charge in [0.05, 0.1) is 0 Å². The molecule has 0 spiro atoms. The molecule has 0 bridgehead atoms. The summed E-state index contributed by atoms with van der Waals surface area (Å²) in [4.78, 5) is 0. The number of hydrogen-bond acceptors (Lipinski definition) is 0. The maximum atomic E-state index is 3.60. The molecular weight excluding hydrogens is 591 g/mol. The van der Waals surface area contributed by atoms with Gasteiger partial charge in [0.1, 0.15) is 0 Å². The summed E-state index contributed by atoms with van der Waals surface area (Å²) in [7, 11) is 0. The Kier molecular flexibility index (Phi) is 16.1. The molecule has 3 rings (SSSR count). The SMILES string of the molecule is Brc1ccccc1-c1ccccc1Br.Brc1ccccc1Br.[CH2-]CCC.[Li+]. The standard InChI is InChI=1S/C12H8Br2.C6H4Br2.C4H9.Li/c13-11-7-3-1-5-9(11)10-6-2-4-8-12(10)14;7-5-3-1-2-4-6(5)8;1-3-4-2;/h1-8H;1-4H;1,3-4H2,2H3;/q;;-1;+1. The summed E-state index contributed by atoms with van der Waals surface area (Å²) in [5.41, 5.74) is 2.42. The topological polar surface area (TPSA) is 0 Å². The van der Waals surface area contributed by atoms with Crippen molar-refractivity contribution in [3.05, 3.63) is 97.6 Å². The quantitative estimate of drug-likeness (QED) is 0.223. The van der Waals surface area contributed by atoms with E-state index >= 15 is 0 Å². The van der Waals surface area contributed by atoms with E-state index in [-0.39, 0.29) is 18.9 Å². The number of unbranched alkanes of at least 4 members (excludes halogenated alkanes) is 1. The van der Waals surface area contributed by atoms with Crippen molar-refractivity contribution < 1.29 is 18.9 Å². The van der Waals surface area contributed by atoms with E-state index in [1.54, 1.807) is 0 Å². The predicted molar refractivity (Wildman–Crippen MR) is 129 cm³/mol. The summed E-state index contributed by atoms with van der Waals surface area (Å²) in [6.45, 7) is 5.72. The van der Waals surface area contributed by atoms with Crippen molar-refractivity contribution in [3.63, 3.8) is 0 Å². The van der Waals surface area contributed by atoms with E-state index in [0.717, 1.165) is 24.3 Å². The second-order valence-corrected chi connectivity index (χ2v) is 8.64. The first kappa shape index (κ1) is 27.2. The molecule has 3 aromatic rings. The second-order valence-electron chi connectivity index (χ2n) is 5.23. The van der Waals surface area contributed by atoms with E-state index in [1.165, 1.54) is 17.5 Å². The van der Waals surface area contributed by atoms with Crippen LogP contribution in [0, 0.1) is 6.92 Å². The third kappa shape index (κ3) is 10.5. The summed E-state index contributed by atoms with van der Waals surface area (Å²) in [6.07, 6.45) is 2.28. The van der Waals surface area contributed by atoms with E-state index in [9.17, 15) is 0 Å². The molecule has 0 aromatic heterocycles. The van der Waals surface area contributed by atoms with Crippen LogP contribution in [0.3, 0.4) is 0 Å². The van der Waals surface area contributed by atoms with Crippen LogP contribution < -0.4 is 18.9 Å². The fourth-order valence-corrected chi connectivity index (χ4v) is 3.36. The van der Waals surface area contributed by atoms with E-state index in [2.05, 4.69) is 102 Å². The molecule has 0 atom stereocenters. The number of rotatable bonds is 2. The van der Waals surface area contributed by atoms with Crippen LogP contribution in [0.15, 0.2) is 90.7 Å². The van der Waals surface area contributed by atoms with Crippen LogP contribution >= 0.6 is 63.7 Å². The fraction of sp³-hybridized carbons (Fsp3) is 0.136. The smallest absolute Gasteiger partial charge is 0.343 e. The Hall–Kier alpha value is 0.177. The molecule has 0 nitrogen and oxygen atoms in total. The minimum Gasteiger partial charge on any atom is -0.343 e. The van der Waals surface area contributed by atoms with Gasteiger partial charge in [-0.25, -0.2) is 0 Å². The molecule has 27 heavy (non-hydrogen) atoms. The van der Waals surface area contributed by atoms with Crippen LogP contribution in [0.2, 0.25) is 0 Å². The van der Waals surface area contributed by atoms with E-state index in [0.29, 0.717) is 0 Å². The van der Waals surface area contributed by atoms with Crippen molar-refractivity contribution in [2.75, 3.05) is 0 Å². The maximum Gasteiger partial charge on any atom is 1.00 e. The van der Waals surface area contributed by atoms with Crippen LogP contribution in [0.25, 0.3) is 11.1 Å². The van der Waals surface area contributed by atoms with Crippen molar-refractivity contribution in [2.45, 2.75) is 19.8 Å². The maximum absolute atomic E-state index is 3.60. The van der Waals surface area contributed by atoms with Crippen molar-refractivity contribution in [1.29, 1.82) is 0 Å². The molecule has 0 radical (unpaired) electrons. The van der Waals surface area contributed by atoms with E-state index < -0.39 is 0 Å². The fourth-order valence-electron chi connectivity index (χ4n) is 1.80. The van der Waals surface area contributed by atoms with E-state index in [1.807, 2.05) is 48.5 Å². The van der Waals surface area contributed by atoms with Gasteiger partial charge in [0.2, 0.25) is 0 Å². The number of benzene rings is 3. The minimum atomic E-state index is 0. The molecule has 138 valence electrons. The molecule has 5 heteroatoms. The molecule has 0 unspecified atom stereocenters. The van der Waals surface area contributed by atoms with Crippen LogP contribution in [-0.2, 0) is 0 Å². The van der Waals surface area contributed by atoms with Crippen molar-refractivity contribution in [1.82, 2.24) is 0 Å². The Morgan fingerprint density at radius 1 is 0.593 bits per heavy atom. The van der Waals surface area contributed by atoms with Gasteiger partial charge in [-0.3, -0.25) is 0 Å². The largest absolute Gasteiger partial charge is 1.00 e. The average molecular weight is 612 g/mol. The van der Waals surface area contributed by atoms with Gasteiger partial charge in [-0.2, -0.15) is 6.42 Å². The van der Waals surface area contributed by atoms with Gasteiger partial charge in [0.15, 0.2) is 0 Å². The molecule has 0 aliphatic rings. The molecule has 0 heterocycles. The monoisotopic (exact) mass is 608 g/mol. The van der Waals surface area contributed by atoms with Gasteiger partial charge in [-0.15, -0.1) is 0 Å². The summed E-state index contributed by atoms with van der Waals surface area (Å²) in [6, 6.07) is 24.4. The zero-order chi connectivity index (χ0) is 19.4. The summed E-state index contributed by atoms with van der Waals surface area (Å²) in [5.74, 6) is 0. The second kappa shape index (κ2) is 16.0. The molecule has 0 amide bonds. The molecular formula is C22H21Br4Li. The minimum absolute atomic E-state index is 0. The summed E-state index contributed by atoms with van der Waals surface area (Å²) < 4.78 is 4.43. The zero-order valence-electron chi connectivity index (χ0n) is 15.6. The van der Waals surface area contributed by atoms with Gasteiger partial charge in [-0.05, 0) is 67.3 Å². The molecule has 0 saturated heterocycles. The van der Waals surface area contributed by atoms with Gasteiger partial charge in [-0.1, -0.05) is 93.7 Å². The molecule has 0 aliphatic heterocycles. The molecule has 0 N–H and O–H groups in total. The van der Waals surface area contributed by atoms with Crippen molar-refractivity contribution in [2.24, 2.45) is 0 Å². The summed E-state index contributed by atoms with van der Waals surface area (Å²) >= 11 is 13.8. The van der Waals surface area contributed by atoms with Gasteiger partial charge in [0.25, 0.3) is 0 Å². The Balaban J connectivity index is 0.000000443. The van der Waals surface area contributed by atoms with Crippen LogP contribution in [-0.4, -0.2) is 0 Å². The van der Waals surface area contributed by atoms with Gasteiger partial charge in [0, 0.05) is 17.9 Å². The predicted octanol–water partition coefficient (Wildman–Crippen LogP) is 6.71. The third-order valence-corrected chi connectivity index (χ3v) is 6.51. The Morgan fingerprint density at radius 3 is 1.07 bits per heavy atom. The molecule has 0 aliphatic carbocycles. The van der Waals surface area contributed by atoms with Crippen LogP contribution in [0.1, 0.15) is 19.8 Å². The number of hydrogen-bond donors (Lipinski definition) is 0. The van der Waals surface area contributed by atoms with E-state index in [4.69, 9.17) is 0 Å². The first-order chi connectivity index (χ1) is 12.5. The Morgan fingerprint density at radius 2 is 0.852 bits per heavy atom. The van der Waals surface area contributed by atoms with Gasteiger partial charge < -0.3 is 6.92 Å². The zero-order valence-corrected chi connectivity index (χ0v) is 21.9. The third-order valence-electron chi connectivity index (χ3n) is 3.22. The van der Waals surface area contributed by atoms with Crippen molar-refractivity contribution in [3.8, 4) is 11.1 Å². The number of halogens is 4. The first-order valence-electron chi connectivity index (χ1n) is 8.20. The van der Waals surface area contributed by atoms with Crippen LogP contribution in [0.5, 0.6) is 0 Å².